The Balaban J connectivity index is 2.18. The number of aliphatic hydroxyl groups is 1. The predicted molar refractivity (Wildman–Crippen MR) is 118 cm³/mol. The number of aliphatic hydroxyl groups excluding tert-OH is 1. The van der Waals surface area contributed by atoms with Gasteiger partial charge in [0.25, 0.3) is 0 Å². The summed E-state index contributed by atoms with van der Waals surface area (Å²) in [5.74, 6) is -2.72. The van der Waals surface area contributed by atoms with Gasteiger partial charge in [-0.05, 0) is 53.9 Å². The molecule has 3 aliphatic heterocycles. The van der Waals surface area contributed by atoms with Crippen LogP contribution in [0.3, 0.4) is 0 Å². The van der Waals surface area contributed by atoms with Crippen LogP contribution in [0.5, 0.6) is 0 Å². The molecule has 2 bridgehead atoms. The van der Waals surface area contributed by atoms with Crippen LogP contribution in [0.15, 0.2) is 12.7 Å². The fourth-order valence-electron chi connectivity index (χ4n) is 6.08. The highest BCUT2D eigenvalue weighted by Gasteiger charge is 2.80. The predicted octanol–water partition coefficient (Wildman–Crippen LogP) is 1.75. The molecule has 8 nitrogen and oxygen atoms in total. The summed E-state index contributed by atoms with van der Waals surface area (Å²) in [5, 5.41) is 9.94. The first-order chi connectivity index (χ1) is 14.8. The van der Waals surface area contributed by atoms with Gasteiger partial charge in [0.1, 0.15) is 17.6 Å². The highest BCUT2D eigenvalue weighted by atomic mass is 16.6. The first-order valence-electron chi connectivity index (χ1n) is 11.5. The van der Waals surface area contributed by atoms with E-state index in [-0.39, 0.29) is 30.9 Å². The van der Waals surface area contributed by atoms with Crippen LogP contribution in [0.1, 0.15) is 54.9 Å². The Bertz CT molecular complexity index is 807. The summed E-state index contributed by atoms with van der Waals surface area (Å²) in [7, 11) is 0. The number of nitrogens with zero attached hydrogens (tertiary/aromatic N) is 2. The molecule has 0 radical (unpaired) electrons. The van der Waals surface area contributed by atoms with Crippen molar-refractivity contribution in [2.24, 2.45) is 17.8 Å². The van der Waals surface area contributed by atoms with Gasteiger partial charge in [-0.15, -0.1) is 6.58 Å². The van der Waals surface area contributed by atoms with E-state index in [0.717, 1.165) is 0 Å². The van der Waals surface area contributed by atoms with Gasteiger partial charge in [-0.2, -0.15) is 0 Å². The van der Waals surface area contributed by atoms with E-state index in [0.29, 0.717) is 13.0 Å². The van der Waals surface area contributed by atoms with Gasteiger partial charge < -0.3 is 24.4 Å². The number of likely N-dealkylation sites (tertiary alicyclic amines) is 1. The third kappa shape index (κ3) is 3.29. The van der Waals surface area contributed by atoms with E-state index in [2.05, 4.69) is 6.58 Å². The lowest BCUT2D eigenvalue weighted by Gasteiger charge is -2.43. The van der Waals surface area contributed by atoms with Gasteiger partial charge in [0.15, 0.2) is 0 Å². The van der Waals surface area contributed by atoms with Crippen LogP contribution in [-0.2, 0) is 23.9 Å². The molecule has 32 heavy (non-hydrogen) atoms. The summed E-state index contributed by atoms with van der Waals surface area (Å²) in [4.78, 5) is 44.1. The van der Waals surface area contributed by atoms with Gasteiger partial charge in [-0.25, -0.2) is 0 Å². The van der Waals surface area contributed by atoms with Gasteiger partial charge in [-0.1, -0.05) is 13.0 Å². The normalized spacial score (nSPS) is 36.8. The number of esters is 1. The van der Waals surface area contributed by atoms with E-state index in [4.69, 9.17) is 9.47 Å². The van der Waals surface area contributed by atoms with E-state index in [1.54, 1.807) is 24.8 Å². The minimum absolute atomic E-state index is 0.0527. The Hall–Kier alpha value is -1.93. The summed E-state index contributed by atoms with van der Waals surface area (Å²) in [6.07, 6.45) is 2.14. The maximum atomic E-state index is 14.1. The zero-order valence-electron chi connectivity index (χ0n) is 20.4. The molecule has 3 aliphatic rings. The van der Waals surface area contributed by atoms with Crippen LogP contribution < -0.4 is 0 Å². The van der Waals surface area contributed by atoms with Crippen molar-refractivity contribution >= 4 is 17.8 Å². The first-order valence-corrected chi connectivity index (χ1v) is 11.5. The first kappa shape index (κ1) is 24.7. The van der Waals surface area contributed by atoms with Crippen molar-refractivity contribution in [1.82, 2.24) is 9.80 Å². The van der Waals surface area contributed by atoms with Crippen molar-refractivity contribution in [3.8, 4) is 0 Å². The highest BCUT2D eigenvalue weighted by Crippen LogP contribution is 2.65. The molecule has 2 amide bonds. The van der Waals surface area contributed by atoms with Crippen LogP contribution in [0, 0.1) is 17.8 Å². The summed E-state index contributed by atoms with van der Waals surface area (Å²) >= 11 is 0. The van der Waals surface area contributed by atoms with Gasteiger partial charge in [-0.3, -0.25) is 14.4 Å². The highest BCUT2D eigenvalue weighted by molar-refractivity contribution is 5.99. The second kappa shape index (κ2) is 8.13. The third-order valence-electron chi connectivity index (χ3n) is 7.65. The summed E-state index contributed by atoms with van der Waals surface area (Å²) in [5.41, 5.74) is -2.57. The lowest BCUT2D eigenvalue weighted by molar-refractivity contribution is -0.164. The molecule has 1 N–H and O–H groups in total. The molecule has 0 aromatic heterocycles. The average molecular weight is 451 g/mol. The van der Waals surface area contributed by atoms with Gasteiger partial charge in [0, 0.05) is 12.1 Å². The molecule has 3 heterocycles. The van der Waals surface area contributed by atoms with Crippen LogP contribution >= 0.6 is 0 Å². The largest absolute Gasteiger partial charge is 0.466 e. The van der Waals surface area contributed by atoms with Crippen LogP contribution in [-0.4, -0.2) is 81.3 Å². The van der Waals surface area contributed by atoms with Crippen molar-refractivity contribution < 1.29 is 29.0 Å². The molecule has 8 heteroatoms. The quantitative estimate of drug-likeness (QED) is 0.469. The molecule has 3 saturated heterocycles. The second-order valence-corrected chi connectivity index (χ2v) is 10.6. The number of hydrogen-bond acceptors (Lipinski definition) is 6. The van der Waals surface area contributed by atoms with E-state index in [1.165, 1.54) is 4.90 Å². The molecular weight excluding hydrogens is 412 g/mol. The maximum absolute atomic E-state index is 14.1. The van der Waals surface area contributed by atoms with E-state index < -0.39 is 46.6 Å². The van der Waals surface area contributed by atoms with Crippen molar-refractivity contribution in [3.05, 3.63) is 12.7 Å². The zero-order valence-corrected chi connectivity index (χ0v) is 20.4. The van der Waals surface area contributed by atoms with Crippen molar-refractivity contribution in [1.29, 1.82) is 0 Å². The molecule has 0 aromatic carbocycles. The minimum atomic E-state index is -1.14. The fourth-order valence-corrected chi connectivity index (χ4v) is 6.08. The van der Waals surface area contributed by atoms with Crippen LogP contribution in [0.25, 0.3) is 0 Å². The molecule has 7 atom stereocenters. The molecule has 3 unspecified atom stereocenters. The molecule has 1 spiro atoms. The lowest BCUT2D eigenvalue weighted by atomic mass is 9.62. The monoisotopic (exact) mass is 450 g/mol. The van der Waals surface area contributed by atoms with Gasteiger partial charge in [0.05, 0.1) is 30.8 Å². The number of carbonyl (C=O) groups excluding carboxylic acids is 3. The van der Waals surface area contributed by atoms with Gasteiger partial charge >= 0.3 is 5.97 Å². The Kier molecular flexibility index (Phi) is 6.28. The Morgan fingerprint density at radius 2 is 2.06 bits per heavy atom. The average Bonchev–Trinajstić information content (AvgIpc) is 3.21. The zero-order chi connectivity index (χ0) is 24.2. The fraction of sp³-hybridized carbons (Fsp3) is 0.792. The number of carbonyl (C=O) groups is 3. The molecular formula is C24H38N2O6. The number of ether oxygens (including phenoxy) is 2. The van der Waals surface area contributed by atoms with Gasteiger partial charge in [0.2, 0.25) is 11.8 Å². The summed E-state index contributed by atoms with van der Waals surface area (Å²) < 4.78 is 12.0. The van der Waals surface area contributed by atoms with Crippen molar-refractivity contribution in [2.75, 3.05) is 19.8 Å². The van der Waals surface area contributed by atoms with E-state index in [9.17, 15) is 19.5 Å². The third-order valence-corrected chi connectivity index (χ3v) is 7.65. The van der Waals surface area contributed by atoms with Crippen molar-refractivity contribution in [2.45, 2.75) is 83.7 Å². The van der Waals surface area contributed by atoms with Crippen LogP contribution in [0.2, 0.25) is 0 Å². The standard InChI is InChI=1S/C24H38N2O6/c1-9-11-25(22(5,6)7)20(29)18-24-12-14(3)23(8,32-24)17(21(30)31-10-2)16(24)19(28)26(18)15(4)13-27/h9,14-18,27H,1,10-13H2,2-8H3/t14?,15-,16+,17-,18?,23+,24?/m1/s1. The smallest absolute Gasteiger partial charge is 0.312 e. The SMILES string of the molecule is C=CCN(C(=O)C1N([C@H](C)CO)C(=O)[C@@H]2[C@H](C(=O)OCC)[C@@]3(C)OC12CC3C)C(C)(C)C. The Morgan fingerprint density at radius 1 is 1.44 bits per heavy atom. The Labute approximate surface area is 190 Å². The summed E-state index contributed by atoms with van der Waals surface area (Å²) in [6, 6.07) is -1.54. The molecule has 0 saturated carbocycles. The number of hydrogen-bond donors (Lipinski definition) is 1. The molecule has 3 fully saturated rings. The van der Waals surface area contributed by atoms with E-state index in [1.807, 2.05) is 34.6 Å². The molecule has 180 valence electrons. The molecule has 3 rings (SSSR count). The Morgan fingerprint density at radius 3 is 2.56 bits per heavy atom. The molecule has 0 aliphatic carbocycles. The van der Waals surface area contributed by atoms with Crippen LogP contribution in [0.4, 0.5) is 0 Å². The minimum Gasteiger partial charge on any atom is -0.466 e. The summed E-state index contributed by atoms with van der Waals surface area (Å²) in [6.45, 7) is 17.1. The topological polar surface area (TPSA) is 96.4 Å². The van der Waals surface area contributed by atoms with E-state index >= 15 is 0 Å². The number of amides is 2. The van der Waals surface area contributed by atoms with Crippen molar-refractivity contribution in [3.63, 3.8) is 0 Å². The molecule has 0 aromatic rings. The maximum Gasteiger partial charge on any atom is 0.312 e. The second-order valence-electron chi connectivity index (χ2n) is 10.6. The number of rotatable bonds is 7. The lowest BCUT2D eigenvalue weighted by Crippen LogP contribution is -2.61. The number of fused-ring (bicyclic) bond motifs is 1.